The zero-order valence-corrected chi connectivity index (χ0v) is 12.4. The van der Waals surface area contributed by atoms with E-state index in [4.69, 9.17) is 34.8 Å². The van der Waals surface area contributed by atoms with Crippen molar-refractivity contribution >= 4 is 57.4 Å². The second-order valence-electron chi connectivity index (χ2n) is 3.23. The van der Waals surface area contributed by atoms with Gasteiger partial charge < -0.3 is 0 Å². The highest BCUT2D eigenvalue weighted by molar-refractivity contribution is 14.1. The average Bonchev–Trinajstić information content (AvgIpc) is 2.23. The Morgan fingerprint density at radius 2 is 1.56 bits per heavy atom. The van der Waals surface area contributed by atoms with E-state index in [1.165, 1.54) is 0 Å². The summed E-state index contributed by atoms with van der Waals surface area (Å²) in [6.45, 7) is 0. The fraction of sp³-hybridized carbons (Fsp3) is 0. The lowest BCUT2D eigenvalue weighted by Gasteiger charge is -2.08. The van der Waals surface area contributed by atoms with Crippen LogP contribution in [0.3, 0.4) is 0 Å². The van der Waals surface area contributed by atoms with E-state index in [9.17, 15) is 0 Å². The van der Waals surface area contributed by atoms with Crippen molar-refractivity contribution in [1.29, 1.82) is 0 Å². The smallest absolute Gasteiger partial charge is 0.0598 e. The van der Waals surface area contributed by atoms with Crippen LogP contribution < -0.4 is 0 Å². The lowest BCUT2D eigenvalue weighted by atomic mass is 10.1. The first-order valence-corrected chi connectivity index (χ1v) is 6.70. The zero-order chi connectivity index (χ0) is 11.7. The Kier molecular flexibility index (Phi) is 4.01. The molecule has 0 saturated carbocycles. The molecule has 0 aliphatic heterocycles. The van der Waals surface area contributed by atoms with Crippen LogP contribution in [0.1, 0.15) is 0 Å². The molecule has 0 aromatic heterocycles. The van der Waals surface area contributed by atoms with Gasteiger partial charge >= 0.3 is 0 Å². The Labute approximate surface area is 123 Å². The molecule has 4 heteroatoms. The molecule has 0 atom stereocenters. The second kappa shape index (κ2) is 5.13. The van der Waals surface area contributed by atoms with Gasteiger partial charge in [0, 0.05) is 14.2 Å². The van der Waals surface area contributed by atoms with Gasteiger partial charge in [-0.1, -0.05) is 46.9 Å². The third-order valence-electron chi connectivity index (χ3n) is 2.17. The van der Waals surface area contributed by atoms with Gasteiger partial charge in [0.2, 0.25) is 0 Å². The molecule has 0 unspecified atom stereocenters. The summed E-state index contributed by atoms with van der Waals surface area (Å²) in [7, 11) is 0. The maximum atomic E-state index is 6.18. The molecular weight excluding hydrogens is 377 g/mol. The number of hydrogen-bond acceptors (Lipinski definition) is 0. The van der Waals surface area contributed by atoms with E-state index in [1.54, 1.807) is 6.07 Å². The van der Waals surface area contributed by atoms with Crippen molar-refractivity contribution in [3.8, 4) is 11.1 Å². The normalized spacial score (nSPS) is 10.5. The first-order valence-electron chi connectivity index (χ1n) is 4.49. The highest BCUT2D eigenvalue weighted by Gasteiger charge is 2.09. The van der Waals surface area contributed by atoms with Crippen LogP contribution in [-0.2, 0) is 0 Å². The topological polar surface area (TPSA) is 0 Å². The van der Waals surface area contributed by atoms with Crippen LogP contribution in [-0.4, -0.2) is 0 Å². The summed E-state index contributed by atoms with van der Waals surface area (Å²) >= 11 is 20.3. The summed E-state index contributed by atoms with van der Waals surface area (Å²) in [5.41, 5.74) is 1.97. The fourth-order valence-corrected chi connectivity index (χ4v) is 2.98. The molecular formula is C12H6Cl3I. The van der Waals surface area contributed by atoms with Gasteiger partial charge in [-0.25, -0.2) is 0 Å². The first kappa shape index (κ1) is 12.5. The number of benzene rings is 2. The van der Waals surface area contributed by atoms with Crippen LogP contribution in [0.4, 0.5) is 0 Å². The van der Waals surface area contributed by atoms with Crippen molar-refractivity contribution in [3.63, 3.8) is 0 Å². The molecule has 0 fully saturated rings. The molecule has 2 rings (SSSR count). The SMILES string of the molecule is Clc1ccc(-c2c(Cl)cccc2I)cc1Cl. The number of hydrogen-bond donors (Lipinski definition) is 0. The molecule has 0 amide bonds. The Hall–Kier alpha value is 0.0400. The van der Waals surface area contributed by atoms with Gasteiger partial charge in [-0.05, 0) is 52.4 Å². The molecule has 2 aromatic carbocycles. The minimum absolute atomic E-state index is 0.537. The van der Waals surface area contributed by atoms with Gasteiger partial charge in [0.1, 0.15) is 0 Å². The van der Waals surface area contributed by atoms with E-state index in [1.807, 2.05) is 30.3 Å². The summed E-state index contributed by atoms with van der Waals surface area (Å²) in [6.07, 6.45) is 0. The number of halogens is 4. The molecule has 0 aliphatic carbocycles. The molecule has 82 valence electrons. The molecule has 2 aromatic rings. The Bertz CT molecular complexity index is 518. The predicted molar refractivity (Wildman–Crippen MR) is 79.6 cm³/mol. The molecule has 0 nitrogen and oxygen atoms in total. The van der Waals surface area contributed by atoms with Crippen molar-refractivity contribution in [1.82, 2.24) is 0 Å². The van der Waals surface area contributed by atoms with Gasteiger partial charge in [0.15, 0.2) is 0 Å². The van der Waals surface area contributed by atoms with Gasteiger partial charge in [-0.3, -0.25) is 0 Å². The third-order valence-corrected chi connectivity index (χ3v) is 4.12. The van der Waals surface area contributed by atoms with Gasteiger partial charge in [0.05, 0.1) is 10.0 Å². The third kappa shape index (κ3) is 2.48. The lowest BCUT2D eigenvalue weighted by molar-refractivity contribution is 1.58. The van der Waals surface area contributed by atoms with E-state index in [2.05, 4.69) is 22.6 Å². The molecule has 16 heavy (non-hydrogen) atoms. The van der Waals surface area contributed by atoms with E-state index in [0.29, 0.717) is 15.1 Å². The van der Waals surface area contributed by atoms with Crippen LogP contribution in [0, 0.1) is 3.57 Å². The Morgan fingerprint density at radius 3 is 2.19 bits per heavy atom. The van der Waals surface area contributed by atoms with Gasteiger partial charge in [-0.15, -0.1) is 0 Å². The van der Waals surface area contributed by atoms with Gasteiger partial charge in [-0.2, -0.15) is 0 Å². The van der Waals surface area contributed by atoms with E-state index in [-0.39, 0.29) is 0 Å². The lowest BCUT2D eigenvalue weighted by Crippen LogP contribution is -1.84. The minimum Gasteiger partial charge on any atom is -0.0836 e. The second-order valence-corrected chi connectivity index (χ2v) is 5.61. The summed E-state index contributed by atoms with van der Waals surface area (Å²) in [5, 5.41) is 1.80. The highest BCUT2D eigenvalue weighted by Crippen LogP contribution is 2.35. The Morgan fingerprint density at radius 1 is 0.812 bits per heavy atom. The summed E-state index contributed by atoms with van der Waals surface area (Å²) in [5.74, 6) is 0. The van der Waals surface area contributed by atoms with E-state index < -0.39 is 0 Å². The summed E-state index contributed by atoms with van der Waals surface area (Å²) in [4.78, 5) is 0. The molecule has 0 saturated heterocycles. The molecule has 0 spiro atoms. The van der Waals surface area contributed by atoms with Crippen molar-refractivity contribution in [2.75, 3.05) is 0 Å². The van der Waals surface area contributed by atoms with E-state index >= 15 is 0 Å². The van der Waals surface area contributed by atoms with Crippen molar-refractivity contribution in [3.05, 3.63) is 55.0 Å². The monoisotopic (exact) mass is 382 g/mol. The molecule has 0 heterocycles. The molecule has 0 N–H and O–H groups in total. The minimum atomic E-state index is 0.537. The molecule has 0 radical (unpaired) electrons. The van der Waals surface area contributed by atoms with Crippen LogP contribution in [0.2, 0.25) is 15.1 Å². The average molecular weight is 383 g/mol. The van der Waals surface area contributed by atoms with Crippen molar-refractivity contribution in [2.24, 2.45) is 0 Å². The van der Waals surface area contributed by atoms with Crippen molar-refractivity contribution < 1.29 is 0 Å². The zero-order valence-electron chi connectivity index (χ0n) is 7.98. The highest BCUT2D eigenvalue weighted by atomic mass is 127. The van der Waals surface area contributed by atoms with Crippen LogP contribution >= 0.6 is 57.4 Å². The quantitative estimate of drug-likeness (QED) is 0.537. The predicted octanol–water partition coefficient (Wildman–Crippen LogP) is 5.92. The largest absolute Gasteiger partial charge is 0.0836 e. The maximum Gasteiger partial charge on any atom is 0.0598 e. The van der Waals surface area contributed by atoms with Crippen molar-refractivity contribution in [2.45, 2.75) is 0 Å². The number of rotatable bonds is 1. The molecule has 0 aliphatic rings. The fourth-order valence-electron chi connectivity index (χ4n) is 1.43. The molecule has 0 bridgehead atoms. The van der Waals surface area contributed by atoms with Crippen LogP contribution in [0.15, 0.2) is 36.4 Å². The first-order chi connectivity index (χ1) is 7.59. The summed E-state index contributed by atoms with van der Waals surface area (Å²) < 4.78 is 1.09. The van der Waals surface area contributed by atoms with Crippen LogP contribution in [0.25, 0.3) is 11.1 Å². The van der Waals surface area contributed by atoms with Crippen LogP contribution in [0.5, 0.6) is 0 Å². The van der Waals surface area contributed by atoms with E-state index in [0.717, 1.165) is 14.7 Å². The Balaban J connectivity index is 2.63. The summed E-state index contributed by atoms with van der Waals surface area (Å²) in [6, 6.07) is 11.3. The van der Waals surface area contributed by atoms with Gasteiger partial charge in [0.25, 0.3) is 0 Å². The maximum absolute atomic E-state index is 6.18. The standard InChI is InChI=1S/C12H6Cl3I/c13-8-5-4-7(6-10(8)15)12-9(14)2-1-3-11(12)16/h1-6H.